The van der Waals surface area contributed by atoms with Crippen molar-refractivity contribution in [1.82, 2.24) is 4.98 Å². The molecule has 0 spiro atoms. The summed E-state index contributed by atoms with van der Waals surface area (Å²) in [5.74, 6) is 0.429. The van der Waals surface area contributed by atoms with Crippen LogP contribution in [-0.2, 0) is 6.42 Å². The number of aromatic amines is 1. The van der Waals surface area contributed by atoms with E-state index in [-0.39, 0.29) is 0 Å². The third-order valence-corrected chi connectivity index (χ3v) is 4.51. The zero-order chi connectivity index (χ0) is 14.2. The molecule has 0 fully saturated rings. The third kappa shape index (κ3) is 2.41. The van der Waals surface area contributed by atoms with Crippen LogP contribution in [0.3, 0.4) is 0 Å². The highest BCUT2D eigenvalue weighted by Crippen LogP contribution is 2.32. The minimum Gasteiger partial charge on any atom is -0.362 e. The van der Waals surface area contributed by atoms with Gasteiger partial charge in [-0.05, 0) is 50.3 Å². The van der Waals surface area contributed by atoms with Crippen LogP contribution in [0.1, 0.15) is 62.5 Å². The summed E-state index contributed by atoms with van der Waals surface area (Å²) in [5, 5.41) is 0. The quantitative estimate of drug-likeness (QED) is 0.825. The number of aromatic nitrogens is 1. The fourth-order valence-electron chi connectivity index (χ4n) is 3.27. The number of allylic oxidation sites excluding steroid dienone is 1. The monoisotopic (exact) mass is 258 g/mol. The number of aliphatic imine (C=N–C) groups is 1. The number of rotatable bonds is 4. The van der Waals surface area contributed by atoms with E-state index in [9.17, 15) is 0 Å². The largest absolute Gasteiger partial charge is 0.362 e. The summed E-state index contributed by atoms with van der Waals surface area (Å²) >= 11 is 0. The van der Waals surface area contributed by atoms with Crippen molar-refractivity contribution in [2.24, 2.45) is 4.99 Å². The summed E-state index contributed by atoms with van der Waals surface area (Å²) in [6, 6.07) is 0.302. The second-order valence-corrected chi connectivity index (χ2v) is 5.66. The van der Waals surface area contributed by atoms with E-state index in [4.69, 9.17) is 4.99 Å². The van der Waals surface area contributed by atoms with Gasteiger partial charge in [-0.1, -0.05) is 26.8 Å². The minimum atomic E-state index is 0.302. The first-order valence-electron chi connectivity index (χ1n) is 7.42. The Kier molecular flexibility index (Phi) is 3.98. The molecular weight excluding hydrogens is 232 g/mol. The standard InChI is InChI=1S/C17H26N2/c1-7-14-9-16(18-12(14)5)11(4)17-10(3)15(8-2)13(6)19-17/h9,11,16,19H,7-8H2,1-6H3. The lowest BCUT2D eigenvalue weighted by Crippen LogP contribution is -2.11. The summed E-state index contributed by atoms with van der Waals surface area (Å²) in [5.41, 5.74) is 8.22. The number of nitrogens with zero attached hydrogens (tertiary/aromatic N) is 1. The van der Waals surface area contributed by atoms with E-state index < -0.39 is 0 Å². The third-order valence-electron chi connectivity index (χ3n) is 4.51. The Bertz CT molecular complexity index is 532. The van der Waals surface area contributed by atoms with Crippen molar-refractivity contribution in [3.8, 4) is 0 Å². The van der Waals surface area contributed by atoms with Crippen LogP contribution in [0.15, 0.2) is 16.6 Å². The number of hydrogen-bond donors (Lipinski definition) is 1. The topological polar surface area (TPSA) is 28.1 Å². The van der Waals surface area contributed by atoms with Crippen molar-refractivity contribution < 1.29 is 0 Å². The molecule has 2 nitrogen and oxygen atoms in total. The molecule has 2 rings (SSSR count). The summed E-state index contributed by atoms with van der Waals surface area (Å²) in [6.45, 7) is 13.3. The van der Waals surface area contributed by atoms with Gasteiger partial charge in [-0.2, -0.15) is 0 Å². The second kappa shape index (κ2) is 5.36. The molecule has 0 aliphatic carbocycles. The molecule has 1 aliphatic heterocycles. The smallest absolute Gasteiger partial charge is 0.0769 e. The van der Waals surface area contributed by atoms with E-state index in [1.807, 2.05) is 0 Å². The van der Waals surface area contributed by atoms with Crippen molar-refractivity contribution in [3.63, 3.8) is 0 Å². The molecule has 0 bridgehead atoms. The molecule has 2 heterocycles. The van der Waals surface area contributed by atoms with Gasteiger partial charge in [-0.15, -0.1) is 0 Å². The predicted molar refractivity (Wildman–Crippen MR) is 83.3 cm³/mol. The lowest BCUT2D eigenvalue weighted by Gasteiger charge is -2.15. The maximum Gasteiger partial charge on any atom is 0.0769 e. The molecule has 0 amide bonds. The minimum absolute atomic E-state index is 0.302. The first-order chi connectivity index (χ1) is 8.99. The van der Waals surface area contributed by atoms with Crippen molar-refractivity contribution >= 4 is 5.71 Å². The van der Waals surface area contributed by atoms with Gasteiger partial charge in [0.05, 0.1) is 6.04 Å². The van der Waals surface area contributed by atoms with Gasteiger partial charge < -0.3 is 4.98 Å². The molecule has 1 aromatic rings. The molecule has 0 saturated carbocycles. The van der Waals surface area contributed by atoms with E-state index in [0.29, 0.717) is 12.0 Å². The zero-order valence-corrected chi connectivity index (χ0v) is 13.1. The highest BCUT2D eigenvalue weighted by Gasteiger charge is 2.25. The van der Waals surface area contributed by atoms with Gasteiger partial charge in [-0.25, -0.2) is 0 Å². The second-order valence-electron chi connectivity index (χ2n) is 5.66. The van der Waals surface area contributed by atoms with Gasteiger partial charge in [0.15, 0.2) is 0 Å². The average molecular weight is 258 g/mol. The van der Waals surface area contributed by atoms with Crippen LogP contribution in [0.2, 0.25) is 0 Å². The van der Waals surface area contributed by atoms with Crippen LogP contribution in [0.25, 0.3) is 0 Å². The van der Waals surface area contributed by atoms with Gasteiger partial charge >= 0.3 is 0 Å². The van der Waals surface area contributed by atoms with Crippen molar-refractivity contribution in [1.29, 1.82) is 0 Å². The van der Waals surface area contributed by atoms with Crippen LogP contribution in [0, 0.1) is 13.8 Å². The molecule has 2 heteroatoms. The Balaban J connectivity index is 2.32. The summed E-state index contributed by atoms with van der Waals surface area (Å²) < 4.78 is 0. The van der Waals surface area contributed by atoms with Gasteiger partial charge in [0.1, 0.15) is 0 Å². The Hall–Kier alpha value is -1.31. The molecule has 1 N–H and O–H groups in total. The van der Waals surface area contributed by atoms with E-state index in [2.05, 4.69) is 52.6 Å². The van der Waals surface area contributed by atoms with E-state index >= 15 is 0 Å². The summed E-state index contributed by atoms with van der Waals surface area (Å²) in [6.07, 6.45) is 4.53. The number of aryl methyl sites for hydroxylation is 1. The fourth-order valence-corrected chi connectivity index (χ4v) is 3.27. The first kappa shape index (κ1) is 14.1. The van der Waals surface area contributed by atoms with E-state index in [0.717, 1.165) is 12.8 Å². The highest BCUT2D eigenvalue weighted by molar-refractivity contribution is 6.00. The molecule has 0 aromatic carbocycles. The zero-order valence-electron chi connectivity index (χ0n) is 13.1. The molecule has 0 saturated heterocycles. The Morgan fingerprint density at radius 3 is 2.37 bits per heavy atom. The lowest BCUT2D eigenvalue weighted by molar-refractivity contribution is 0.652. The molecule has 2 atom stereocenters. The molecule has 0 radical (unpaired) electrons. The Morgan fingerprint density at radius 1 is 1.21 bits per heavy atom. The normalized spacial score (nSPS) is 20.4. The Labute approximate surface area is 117 Å². The lowest BCUT2D eigenvalue weighted by atomic mass is 9.94. The highest BCUT2D eigenvalue weighted by atomic mass is 14.9. The van der Waals surface area contributed by atoms with Crippen LogP contribution in [-0.4, -0.2) is 16.7 Å². The van der Waals surface area contributed by atoms with Gasteiger partial charge in [0.2, 0.25) is 0 Å². The van der Waals surface area contributed by atoms with Crippen molar-refractivity contribution in [3.05, 3.63) is 34.2 Å². The summed E-state index contributed by atoms with van der Waals surface area (Å²) in [7, 11) is 0. The number of hydrogen-bond acceptors (Lipinski definition) is 1. The van der Waals surface area contributed by atoms with Crippen LogP contribution in [0.4, 0.5) is 0 Å². The van der Waals surface area contributed by atoms with Crippen molar-refractivity contribution in [2.75, 3.05) is 0 Å². The van der Waals surface area contributed by atoms with E-state index in [1.54, 1.807) is 0 Å². The van der Waals surface area contributed by atoms with Crippen molar-refractivity contribution in [2.45, 2.75) is 66.3 Å². The fraction of sp³-hybridized carbons (Fsp3) is 0.588. The van der Waals surface area contributed by atoms with E-state index in [1.165, 1.54) is 33.8 Å². The summed E-state index contributed by atoms with van der Waals surface area (Å²) in [4.78, 5) is 8.42. The molecule has 1 aromatic heterocycles. The number of nitrogens with one attached hydrogen (secondary N) is 1. The SMILES string of the molecule is CCC1=CC(C(C)c2[nH]c(C)c(CC)c2C)N=C1C. The van der Waals surface area contributed by atoms with Crippen LogP contribution < -0.4 is 0 Å². The van der Waals surface area contributed by atoms with Gasteiger partial charge in [-0.3, -0.25) is 4.99 Å². The maximum absolute atomic E-state index is 4.83. The van der Waals surface area contributed by atoms with Crippen LogP contribution >= 0.6 is 0 Å². The first-order valence-corrected chi connectivity index (χ1v) is 7.42. The molecule has 2 unspecified atom stereocenters. The molecular formula is C17H26N2. The molecule has 104 valence electrons. The van der Waals surface area contributed by atoms with Gasteiger partial charge in [0.25, 0.3) is 0 Å². The maximum atomic E-state index is 4.83. The Morgan fingerprint density at radius 2 is 1.89 bits per heavy atom. The van der Waals surface area contributed by atoms with Gasteiger partial charge in [0, 0.05) is 23.0 Å². The molecule has 1 aliphatic rings. The molecule has 19 heavy (non-hydrogen) atoms. The predicted octanol–water partition coefficient (Wildman–Crippen LogP) is 4.48. The number of H-pyrrole nitrogens is 1. The average Bonchev–Trinajstić information content (AvgIpc) is 2.89. The van der Waals surface area contributed by atoms with Crippen LogP contribution in [0.5, 0.6) is 0 Å².